The Balaban J connectivity index is 0.934. The Bertz CT molecular complexity index is 1740. The average Bonchev–Trinajstić information content (AvgIpc) is 3.23. The summed E-state index contributed by atoms with van der Waals surface area (Å²) in [5.41, 5.74) is 0.136. The quantitative estimate of drug-likeness (QED) is 0.116. The molecule has 8 aliphatic rings. The lowest BCUT2D eigenvalue weighted by molar-refractivity contribution is -0.348. The molecule has 10 N–H and O–H groups in total. The van der Waals surface area contributed by atoms with Crippen molar-refractivity contribution in [3.05, 3.63) is 11.6 Å². The molecule has 0 amide bonds. The lowest BCUT2D eigenvalue weighted by Crippen LogP contribution is -2.66. The standard InChI is InChI=1S/C47H76O17/c1-42(2)14-16-47(41(57)58)17-15-45(6)22(23(47)18-42)8-9-28-44(5)12-11-29(43(3,4)27(44)10-13-46(28,45)7)64-40-37(56)34(53)32(51)26(63-40)21-61-39-36(55)33(52)31(50)25(62-39)20-60-38-35(54)30(49)24(48)19-59-38/h8,23-40,48-56H,9-21H2,1-7H3,(H,57,58). The molecule has 22 atom stereocenters. The first-order chi connectivity index (χ1) is 29.8. The van der Waals surface area contributed by atoms with Crippen LogP contribution in [-0.4, -0.2) is 169 Å². The molecule has 3 saturated heterocycles. The van der Waals surface area contributed by atoms with Crippen molar-refractivity contribution in [1.29, 1.82) is 0 Å². The molecule has 0 aromatic rings. The van der Waals surface area contributed by atoms with Crippen molar-refractivity contribution in [1.82, 2.24) is 0 Å². The molecular weight excluding hydrogens is 836 g/mol. The predicted octanol–water partition coefficient (Wildman–Crippen LogP) is 1.35. The molecule has 3 heterocycles. The maximum atomic E-state index is 13.1. The summed E-state index contributed by atoms with van der Waals surface area (Å²) in [6.45, 7) is 15.0. The summed E-state index contributed by atoms with van der Waals surface area (Å²) in [7, 11) is 0. The van der Waals surface area contributed by atoms with Gasteiger partial charge in [-0.3, -0.25) is 4.79 Å². The Morgan fingerprint density at radius 3 is 1.88 bits per heavy atom. The minimum Gasteiger partial charge on any atom is -0.481 e. The molecule has 8 rings (SSSR count). The van der Waals surface area contributed by atoms with Crippen LogP contribution in [0.4, 0.5) is 0 Å². The fraction of sp³-hybridized carbons (Fsp3) is 0.936. The van der Waals surface area contributed by atoms with Gasteiger partial charge in [-0.25, -0.2) is 0 Å². The van der Waals surface area contributed by atoms with E-state index in [-0.39, 0.29) is 40.1 Å². The third-order valence-electron chi connectivity index (χ3n) is 18.9. The maximum absolute atomic E-state index is 13.1. The van der Waals surface area contributed by atoms with Crippen LogP contribution in [0.25, 0.3) is 0 Å². The van der Waals surface area contributed by atoms with E-state index in [0.29, 0.717) is 18.8 Å². The summed E-state index contributed by atoms with van der Waals surface area (Å²) in [4.78, 5) is 13.1. The zero-order chi connectivity index (χ0) is 46.7. The van der Waals surface area contributed by atoms with E-state index in [2.05, 4.69) is 54.5 Å². The van der Waals surface area contributed by atoms with Gasteiger partial charge in [0, 0.05) is 0 Å². The van der Waals surface area contributed by atoms with Gasteiger partial charge in [-0.05, 0) is 109 Å². The number of ether oxygens (including phenoxy) is 6. The van der Waals surface area contributed by atoms with Crippen LogP contribution in [0.5, 0.6) is 0 Å². The second-order valence-corrected chi connectivity index (χ2v) is 23.1. The second-order valence-electron chi connectivity index (χ2n) is 23.1. The Morgan fingerprint density at radius 2 is 1.23 bits per heavy atom. The van der Waals surface area contributed by atoms with E-state index in [1.807, 2.05) is 0 Å². The number of fused-ring (bicyclic) bond motifs is 7. The molecule has 0 aromatic heterocycles. The molecule has 64 heavy (non-hydrogen) atoms. The smallest absolute Gasteiger partial charge is 0.310 e. The molecule has 366 valence electrons. The van der Waals surface area contributed by atoms with E-state index in [9.17, 15) is 55.9 Å². The number of carboxylic acids is 1. The number of carboxylic acid groups (broad SMARTS) is 1. The summed E-state index contributed by atoms with van der Waals surface area (Å²) >= 11 is 0. The number of hydrogen-bond donors (Lipinski definition) is 10. The van der Waals surface area contributed by atoms with Gasteiger partial charge in [0.05, 0.1) is 31.3 Å². The van der Waals surface area contributed by atoms with Crippen LogP contribution in [0, 0.1) is 50.2 Å². The highest BCUT2D eigenvalue weighted by atomic mass is 16.7. The third kappa shape index (κ3) is 7.76. The largest absolute Gasteiger partial charge is 0.481 e. The van der Waals surface area contributed by atoms with E-state index in [4.69, 9.17) is 28.4 Å². The van der Waals surface area contributed by atoms with Crippen LogP contribution >= 0.6 is 0 Å². The van der Waals surface area contributed by atoms with Gasteiger partial charge in [0.25, 0.3) is 0 Å². The lowest BCUT2D eigenvalue weighted by Gasteiger charge is -2.71. The SMILES string of the molecule is CC1(C)CCC2(C(=O)O)CCC3(C)C(=CCC4C5(C)CCC(OC6OC(COC7OC(COC8OCC(O)C(O)C8O)C(O)C(O)C7O)C(O)C(O)C6O)C(C)(C)C5CCC43C)C2C1. The monoisotopic (exact) mass is 913 g/mol. The molecule has 0 radical (unpaired) electrons. The fourth-order valence-electron chi connectivity index (χ4n) is 14.7. The highest BCUT2D eigenvalue weighted by Gasteiger charge is 2.69. The highest BCUT2D eigenvalue weighted by Crippen LogP contribution is 2.76. The predicted molar refractivity (Wildman–Crippen MR) is 225 cm³/mol. The first kappa shape index (κ1) is 49.0. The van der Waals surface area contributed by atoms with Gasteiger partial charge in [-0.2, -0.15) is 0 Å². The van der Waals surface area contributed by atoms with Crippen LogP contribution in [-0.2, 0) is 33.2 Å². The first-order valence-electron chi connectivity index (χ1n) is 23.7. The van der Waals surface area contributed by atoms with Gasteiger partial charge in [0.2, 0.25) is 0 Å². The van der Waals surface area contributed by atoms with Crippen molar-refractivity contribution in [3.63, 3.8) is 0 Å². The van der Waals surface area contributed by atoms with Crippen molar-refractivity contribution >= 4 is 5.97 Å². The minimum atomic E-state index is -1.77. The molecule has 7 fully saturated rings. The molecule has 3 aliphatic heterocycles. The van der Waals surface area contributed by atoms with Crippen molar-refractivity contribution in [2.24, 2.45) is 50.2 Å². The van der Waals surface area contributed by atoms with Crippen LogP contribution in [0.3, 0.4) is 0 Å². The molecule has 0 aromatic carbocycles. The fourth-order valence-corrected chi connectivity index (χ4v) is 14.7. The molecule has 0 bridgehead atoms. The summed E-state index contributed by atoms with van der Waals surface area (Å²) in [5.74, 6) is -0.0215. The van der Waals surface area contributed by atoms with Gasteiger partial charge in [0.1, 0.15) is 67.1 Å². The van der Waals surface area contributed by atoms with E-state index in [0.717, 1.165) is 51.4 Å². The van der Waals surface area contributed by atoms with Crippen molar-refractivity contribution in [2.75, 3.05) is 19.8 Å². The van der Waals surface area contributed by atoms with Gasteiger partial charge >= 0.3 is 5.97 Å². The van der Waals surface area contributed by atoms with Crippen LogP contribution < -0.4 is 0 Å². The summed E-state index contributed by atoms with van der Waals surface area (Å²) < 4.78 is 35.0. The Kier molecular flexibility index (Phi) is 13.2. The lowest BCUT2D eigenvalue weighted by atomic mass is 9.33. The first-order valence-corrected chi connectivity index (χ1v) is 23.7. The summed E-state index contributed by atoms with van der Waals surface area (Å²) in [5, 5.41) is 106. The van der Waals surface area contributed by atoms with E-state index in [1.165, 1.54) is 5.57 Å². The summed E-state index contributed by atoms with van der Waals surface area (Å²) in [6, 6.07) is 0. The van der Waals surface area contributed by atoms with Gasteiger partial charge in [-0.1, -0.05) is 60.1 Å². The minimum absolute atomic E-state index is 0.0313. The Morgan fingerprint density at radius 1 is 0.656 bits per heavy atom. The molecular formula is C47H76O17. The van der Waals surface area contributed by atoms with E-state index in [1.54, 1.807) is 0 Å². The molecule has 4 saturated carbocycles. The molecule has 17 nitrogen and oxygen atoms in total. The van der Waals surface area contributed by atoms with Crippen molar-refractivity contribution < 1.29 is 84.3 Å². The van der Waals surface area contributed by atoms with Crippen molar-refractivity contribution in [3.8, 4) is 0 Å². The molecule has 0 spiro atoms. The van der Waals surface area contributed by atoms with E-state index >= 15 is 0 Å². The molecule has 22 unspecified atom stereocenters. The summed E-state index contributed by atoms with van der Waals surface area (Å²) in [6.07, 6.45) is -11.0. The van der Waals surface area contributed by atoms with Gasteiger partial charge < -0.3 is 79.5 Å². The Hall–Kier alpha value is -1.39. The third-order valence-corrected chi connectivity index (χ3v) is 18.9. The normalized spacial score (nSPS) is 53.5. The number of aliphatic carboxylic acids is 1. The maximum Gasteiger partial charge on any atom is 0.310 e. The second kappa shape index (κ2) is 17.2. The Labute approximate surface area is 376 Å². The van der Waals surface area contributed by atoms with E-state index < -0.39 is 122 Å². The number of aliphatic hydroxyl groups is 9. The molecule has 17 heteroatoms. The number of allylic oxidation sites excluding steroid dienone is 2. The van der Waals surface area contributed by atoms with Crippen LogP contribution in [0.1, 0.15) is 113 Å². The number of hydrogen-bond acceptors (Lipinski definition) is 16. The van der Waals surface area contributed by atoms with Crippen LogP contribution in [0.2, 0.25) is 0 Å². The highest BCUT2D eigenvalue weighted by molar-refractivity contribution is 5.76. The van der Waals surface area contributed by atoms with Gasteiger partial charge in [0.15, 0.2) is 18.9 Å². The topological polar surface area (TPSA) is 275 Å². The number of rotatable bonds is 9. The zero-order valence-corrected chi connectivity index (χ0v) is 38.5. The van der Waals surface area contributed by atoms with Gasteiger partial charge in [-0.15, -0.1) is 0 Å². The van der Waals surface area contributed by atoms with Crippen molar-refractivity contribution in [2.45, 2.75) is 205 Å². The zero-order valence-electron chi connectivity index (χ0n) is 38.5. The number of carbonyl (C=O) groups is 1. The van der Waals surface area contributed by atoms with Crippen LogP contribution in [0.15, 0.2) is 11.6 Å². The average molecular weight is 913 g/mol. The molecule has 5 aliphatic carbocycles. The number of aliphatic hydroxyl groups excluding tert-OH is 9.